The molecule has 0 aromatic carbocycles. The Balaban J connectivity index is 2.09. The zero-order valence-corrected chi connectivity index (χ0v) is 20.7. The summed E-state index contributed by atoms with van der Waals surface area (Å²) in [6, 6.07) is 0. The molecule has 2 nitrogen and oxygen atoms in total. The van der Waals surface area contributed by atoms with Crippen LogP contribution in [0.25, 0.3) is 0 Å². The molecule has 0 aliphatic heterocycles. The third kappa shape index (κ3) is 17.3. The van der Waals surface area contributed by atoms with Gasteiger partial charge in [0.2, 0.25) is 0 Å². The second-order valence-corrected chi connectivity index (χ2v) is 10.5. The highest BCUT2D eigenvalue weighted by Gasteiger charge is 2.18. The van der Waals surface area contributed by atoms with Crippen LogP contribution in [0.5, 0.6) is 0 Å². The molecule has 1 saturated carbocycles. The SMILES string of the molecule is CCCCCCCCCCCC[N+](C)(C)COC1CCCCCCCCCCC1. The minimum absolute atomic E-state index is 0.513. The predicted octanol–water partition coefficient (Wildman–Crippen LogP) is 8.63. The second-order valence-electron chi connectivity index (χ2n) is 10.5. The van der Waals surface area contributed by atoms with Crippen molar-refractivity contribution in [1.29, 1.82) is 0 Å². The minimum Gasteiger partial charge on any atom is -0.328 e. The minimum atomic E-state index is 0.513. The van der Waals surface area contributed by atoms with Crippen LogP contribution >= 0.6 is 0 Å². The summed E-state index contributed by atoms with van der Waals surface area (Å²) in [4.78, 5) is 0. The fourth-order valence-corrected chi connectivity index (χ4v) is 4.69. The largest absolute Gasteiger partial charge is 0.328 e. The lowest BCUT2D eigenvalue weighted by molar-refractivity contribution is -0.910. The van der Waals surface area contributed by atoms with Gasteiger partial charge in [-0.1, -0.05) is 116 Å². The lowest BCUT2D eigenvalue weighted by Gasteiger charge is -2.31. The lowest BCUT2D eigenvalue weighted by Crippen LogP contribution is -2.43. The number of rotatable bonds is 14. The molecule has 0 saturated heterocycles. The van der Waals surface area contributed by atoms with Gasteiger partial charge in [0.15, 0.2) is 6.73 Å². The van der Waals surface area contributed by atoms with Gasteiger partial charge in [-0.3, -0.25) is 0 Å². The van der Waals surface area contributed by atoms with E-state index in [-0.39, 0.29) is 0 Å². The van der Waals surface area contributed by atoms with Gasteiger partial charge in [0.1, 0.15) is 0 Å². The Kier molecular flexibility index (Phi) is 17.4. The summed E-state index contributed by atoms with van der Waals surface area (Å²) in [5.74, 6) is 0. The Morgan fingerprint density at radius 1 is 0.586 bits per heavy atom. The molecule has 1 aliphatic rings. The summed E-state index contributed by atoms with van der Waals surface area (Å²) >= 11 is 0. The maximum atomic E-state index is 6.47. The Bertz CT molecular complexity index is 329. The van der Waals surface area contributed by atoms with Crippen molar-refractivity contribution in [2.24, 2.45) is 0 Å². The van der Waals surface area contributed by atoms with Gasteiger partial charge >= 0.3 is 0 Å². The highest BCUT2D eigenvalue weighted by atomic mass is 16.5. The van der Waals surface area contributed by atoms with Crippen molar-refractivity contribution in [3.63, 3.8) is 0 Å². The first-order valence-electron chi connectivity index (χ1n) is 13.6. The summed E-state index contributed by atoms with van der Waals surface area (Å²) in [5, 5.41) is 0. The fraction of sp³-hybridized carbons (Fsp3) is 1.00. The molecule has 1 fully saturated rings. The predicted molar refractivity (Wildman–Crippen MR) is 129 cm³/mol. The quantitative estimate of drug-likeness (QED) is 0.158. The Morgan fingerprint density at radius 3 is 1.48 bits per heavy atom. The molecule has 0 radical (unpaired) electrons. The summed E-state index contributed by atoms with van der Waals surface area (Å²) in [5.41, 5.74) is 0. The van der Waals surface area contributed by atoms with Crippen LogP contribution in [0, 0.1) is 0 Å². The maximum absolute atomic E-state index is 6.47. The highest BCUT2D eigenvalue weighted by molar-refractivity contribution is 4.61. The summed E-state index contributed by atoms with van der Waals surface area (Å²) < 4.78 is 7.50. The van der Waals surface area contributed by atoms with Gasteiger partial charge in [-0.25, -0.2) is 0 Å². The van der Waals surface area contributed by atoms with E-state index >= 15 is 0 Å². The van der Waals surface area contributed by atoms with Gasteiger partial charge in [0.25, 0.3) is 0 Å². The average Bonchev–Trinajstić information content (AvgIpc) is 2.69. The molecule has 0 unspecified atom stereocenters. The third-order valence-electron chi connectivity index (χ3n) is 6.83. The third-order valence-corrected chi connectivity index (χ3v) is 6.83. The van der Waals surface area contributed by atoms with Crippen molar-refractivity contribution in [3.8, 4) is 0 Å². The molecule has 0 bridgehead atoms. The van der Waals surface area contributed by atoms with Crippen molar-refractivity contribution in [3.05, 3.63) is 0 Å². The van der Waals surface area contributed by atoms with Crippen LogP contribution in [0.4, 0.5) is 0 Å². The van der Waals surface area contributed by atoms with Crippen LogP contribution in [0.3, 0.4) is 0 Å². The molecule has 0 aromatic heterocycles. The Hall–Kier alpha value is -0.0800. The zero-order valence-electron chi connectivity index (χ0n) is 20.7. The Labute approximate surface area is 184 Å². The first-order chi connectivity index (χ1) is 14.1. The first kappa shape index (κ1) is 27.0. The van der Waals surface area contributed by atoms with Crippen molar-refractivity contribution in [2.75, 3.05) is 27.4 Å². The molecule has 0 aromatic rings. The van der Waals surface area contributed by atoms with Crippen LogP contribution in [-0.4, -0.2) is 38.0 Å². The van der Waals surface area contributed by atoms with Crippen molar-refractivity contribution < 1.29 is 9.22 Å². The van der Waals surface area contributed by atoms with Crippen molar-refractivity contribution in [2.45, 2.75) is 148 Å². The molecule has 0 amide bonds. The first-order valence-corrected chi connectivity index (χ1v) is 13.6. The molecule has 2 heteroatoms. The molecule has 0 spiro atoms. The van der Waals surface area contributed by atoms with E-state index in [9.17, 15) is 0 Å². The Morgan fingerprint density at radius 2 is 1.00 bits per heavy atom. The monoisotopic (exact) mass is 410 g/mol. The topological polar surface area (TPSA) is 9.23 Å². The zero-order chi connectivity index (χ0) is 21.0. The molecule has 29 heavy (non-hydrogen) atoms. The number of nitrogens with zero attached hydrogens (tertiary/aromatic N) is 1. The van der Waals surface area contributed by atoms with Gasteiger partial charge < -0.3 is 9.22 Å². The molecule has 0 N–H and O–H groups in total. The molecule has 0 atom stereocenters. The number of unbranched alkanes of at least 4 members (excludes halogenated alkanes) is 9. The molecule has 1 aliphatic carbocycles. The fourth-order valence-electron chi connectivity index (χ4n) is 4.69. The van der Waals surface area contributed by atoms with Crippen LogP contribution < -0.4 is 0 Å². The summed E-state index contributed by atoms with van der Waals surface area (Å²) in [6.07, 6.45) is 30.1. The normalized spacial score (nSPS) is 18.3. The van der Waals surface area contributed by atoms with E-state index < -0.39 is 0 Å². The molecule has 1 rings (SSSR count). The van der Waals surface area contributed by atoms with Crippen molar-refractivity contribution >= 4 is 0 Å². The van der Waals surface area contributed by atoms with E-state index in [0.29, 0.717) is 6.10 Å². The smallest absolute Gasteiger partial charge is 0.183 e. The van der Waals surface area contributed by atoms with E-state index in [1.165, 1.54) is 141 Å². The molecular weight excluding hydrogens is 354 g/mol. The number of quaternary nitrogens is 1. The van der Waals surface area contributed by atoms with E-state index in [0.717, 1.165) is 11.2 Å². The van der Waals surface area contributed by atoms with E-state index in [1.54, 1.807) is 0 Å². The van der Waals surface area contributed by atoms with Crippen LogP contribution in [0.1, 0.15) is 142 Å². The highest BCUT2D eigenvalue weighted by Crippen LogP contribution is 2.20. The van der Waals surface area contributed by atoms with Crippen LogP contribution in [0.15, 0.2) is 0 Å². The van der Waals surface area contributed by atoms with Gasteiger partial charge in [-0.15, -0.1) is 0 Å². The molecular formula is C27H56NO+. The molecule has 174 valence electrons. The number of hydrogen-bond acceptors (Lipinski definition) is 1. The van der Waals surface area contributed by atoms with E-state index in [1.807, 2.05) is 0 Å². The van der Waals surface area contributed by atoms with Crippen LogP contribution in [-0.2, 0) is 4.74 Å². The second kappa shape index (κ2) is 18.7. The van der Waals surface area contributed by atoms with Gasteiger partial charge in [-0.05, 0) is 25.7 Å². The van der Waals surface area contributed by atoms with E-state index in [4.69, 9.17) is 4.74 Å². The van der Waals surface area contributed by atoms with Crippen molar-refractivity contribution in [1.82, 2.24) is 0 Å². The van der Waals surface area contributed by atoms with Crippen LogP contribution in [0.2, 0.25) is 0 Å². The van der Waals surface area contributed by atoms with Gasteiger partial charge in [-0.2, -0.15) is 0 Å². The van der Waals surface area contributed by atoms with Gasteiger partial charge in [0.05, 0.1) is 26.7 Å². The number of hydrogen-bond donors (Lipinski definition) is 0. The van der Waals surface area contributed by atoms with E-state index in [2.05, 4.69) is 21.0 Å². The average molecular weight is 411 g/mol. The lowest BCUT2D eigenvalue weighted by atomic mass is 9.99. The summed E-state index contributed by atoms with van der Waals surface area (Å²) in [6.45, 7) is 4.47. The molecule has 0 heterocycles. The standard InChI is InChI=1S/C27H56NO/c1-4-5-6-7-8-9-13-16-19-22-25-28(2,3)26-29-27-23-20-17-14-11-10-12-15-18-21-24-27/h27H,4-26H2,1-3H3/q+1. The summed E-state index contributed by atoms with van der Waals surface area (Å²) in [7, 11) is 4.73. The number of ether oxygens (including phenoxy) is 1. The van der Waals surface area contributed by atoms with Gasteiger partial charge in [0, 0.05) is 0 Å². The maximum Gasteiger partial charge on any atom is 0.183 e.